The molecule has 7 heteroatoms. The number of rotatable bonds is 7. The molecule has 0 amide bonds. The zero-order valence-corrected chi connectivity index (χ0v) is 22.6. The molecule has 0 radical (unpaired) electrons. The molecule has 0 atom stereocenters. The van der Waals surface area contributed by atoms with Crippen molar-refractivity contribution in [3.8, 4) is 16.9 Å². The van der Waals surface area contributed by atoms with Crippen LogP contribution in [0.4, 0.5) is 0 Å². The first-order valence-electron chi connectivity index (χ1n) is 12.3. The summed E-state index contributed by atoms with van der Waals surface area (Å²) in [5.41, 5.74) is 8.74. The lowest BCUT2D eigenvalue weighted by Gasteiger charge is -2.22. The van der Waals surface area contributed by atoms with Gasteiger partial charge in [-0.2, -0.15) is 5.10 Å². The third-order valence-electron chi connectivity index (χ3n) is 6.57. The minimum Gasteiger partial charge on any atom is -0.305 e. The number of carbonyl (C=O) groups excluding carboxylic acids is 1. The van der Waals surface area contributed by atoms with Gasteiger partial charge in [-0.15, -0.1) is 5.10 Å². The lowest BCUT2D eigenvalue weighted by atomic mass is 9.84. The first-order valence-corrected chi connectivity index (χ1v) is 12.3. The molecule has 0 unspecified atom stereocenters. The number of aryl methyl sites for hydroxylation is 2. The molecule has 0 saturated heterocycles. The zero-order chi connectivity index (χ0) is 26.2. The number of hydrogen-bond donors (Lipinski definition) is 0. The van der Waals surface area contributed by atoms with Crippen molar-refractivity contribution >= 4 is 5.78 Å². The third kappa shape index (κ3) is 5.46. The van der Waals surface area contributed by atoms with E-state index < -0.39 is 0 Å². The Hall–Kier alpha value is -3.58. The fourth-order valence-electron chi connectivity index (χ4n) is 4.30. The van der Waals surface area contributed by atoms with Gasteiger partial charge in [0.1, 0.15) is 5.69 Å². The Morgan fingerprint density at radius 3 is 2.42 bits per heavy atom. The summed E-state index contributed by atoms with van der Waals surface area (Å²) in [6, 6.07) is 12.4. The molecule has 0 aliphatic carbocycles. The summed E-state index contributed by atoms with van der Waals surface area (Å²) in [5.74, 6) is 0.112. The number of aromatic nitrogens is 5. The van der Waals surface area contributed by atoms with Gasteiger partial charge in [0, 0.05) is 36.8 Å². The fraction of sp³-hybridized carbons (Fsp3) is 0.379. The topological polar surface area (TPSA) is 68.8 Å². The van der Waals surface area contributed by atoms with Gasteiger partial charge in [-0.25, -0.2) is 4.68 Å². The van der Waals surface area contributed by atoms with Crippen molar-refractivity contribution in [1.82, 2.24) is 29.7 Å². The van der Waals surface area contributed by atoms with E-state index in [-0.39, 0.29) is 11.2 Å². The molecule has 7 nitrogen and oxygen atoms in total. The van der Waals surface area contributed by atoms with Crippen molar-refractivity contribution in [2.75, 3.05) is 14.1 Å². The first-order chi connectivity index (χ1) is 16.9. The Kier molecular flexibility index (Phi) is 6.96. The van der Waals surface area contributed by atoms with Crippen molar-refractivity contribution in [2.24, 2.45) is 7.05 Å². The molecule has 2 aromatic carbocycles. The highest BCUT2D eigenvalue weighted by Crippen LogP contribution is 2.27. The Bertz CT molecular complexity index is 1400. The van der Waals surface area contributed by atoms with Crippen LogP contribution in [-0.2, 0) is 25.4 Å². The molecule has 2 heterocycles. The van der Waals surface area contributed by atoms with Crippen LogP contribution >= 0.6 is 0 Å². The molecular formula is C29H36N6O. The van der Waals surface area contributed by atoms with Crippen molar-refractivity contribution in [3.05, 3.63) is 82.3 Å². The number of nitrogens with zero attached hydrogens (tertiary/aromatic N) is 6. The van der Waals surface area contributed by atoms with Crippen molar-refractivity contribution in [2.45, 2.75) is 53.0 Å². The average molecular weight is 485 g/mol. The van der Waals surface area contributed by atoms with E-state index in [4.69, 9.17) is 0 Å². The molecule has 0 saturated carbocycles. The third-order valence-corrected chi connectivity index (χ3v) is 6.57. The maximum Gasteiger partial charge on any atom is 0.167 e. The Morgan fingerprint density at radius 1 is 1.03 bits per heavy atom. The van der Waals surface area contributed by atoms with Crippen LogP contribution in [0.2, 0.25) is 0 Å². The summed E-state index contributed by atoms with van der Waals surface area (Å²) in [5, 5.41) is 13.1. The number of hydrogen-bond acceptors (Lipinski definition) is 5. The minimum absolute atomic E-state index is 0.0359. The zero-order valence-electron chi connectivity index (χ0n) is 22.6. The molecule has 2 aromatic heterocycles. The van der Waals surface area contributed by atoms with Crippen LogP contribution in [0.5, 0.6) is 0 Å². The van der Waals surface area contributed by atoms with Crippen molar-refractivity contribution < 1.29 is 4.79 Å². The van der Waals surface area contributed by atoms with E-state index in [1.165, 1.54) is 5.56 Å². The maximum absolute atomic E-state index is 13.4. The second kappa shape index (κ2) is 9.82. The standard InChI is InChI=1S/C29H36N6O/c1-19-9-10-21(13-27(19)35-18-26(31-32-35)25-16-30-34(8)20(25)2)14-28(36)23-11-22(17-33(6)7)12-24(15-23)29(3,4)5/h9-13,15-16,18H,14,17H2,1-8H3. The van der Waals surface area contributed by atoms with E-state index in [0.717, 1.165) is 51.4 Å². The number of Topliss-reactive ketones (excluding diaryl/α,β-unsaturated/α-hetero) is 1. The molecule has 4 rings (SSSR count). The first kappa shape index (κ1) is 25.5. The molecule has 0 aliphatic rings. The van der Waals surface area contributed by atoms with E-state index in [2.05, 4.69) is 53.2 Å². The molecule has 36 heavy (non-hydrogen) atoms. The van der Waals surface area contributed by atoms with Crippen LogP contribution in [0.15, 0.2) is 48.8 Å². The van der Waals surface area contributed by atoms with Gasteiger partial charge in [-0.05, 0) is 73.8 Å². The minimum atomic E-state index is -0.0359. The largest absolute Gasteiger partial charge is 0.305 e. The lowest BCUT2D eigenvalue weighted by Crippen LogP contribution is -2.16. The molecule has 0 N–H and O–H groups in total. The van der Waals surface area contributed by atoms with Crippen molar-refractivity contribution in [1.29, 1.82) is 0 Å². The average Bonchev–Trinajstić information content (AvgIpc) is 3.40. The van der Waals surface area contributed by atoms with Gasteiger partial charge in [-0.3, -0.25) is 9.48 Å². The summed E-state index contributed by atoms with van der Waals surface area (Å²) < 4.78 is 3.60. The molecular weight excluding hydrogens is 448 g/mol. The second-order valence-corrected chi connectivity index (χ2v) is 10.9. The Morgan fingerprint density at radius 2 is 1.78 bits per heavy atom. The quantitative estimate of drug-likeness (QED) is 0.343. The van der Waals surface area contributed by atoms with Crippen LogP contribution in [0.3, 0.4) is 0 Å². The van der Waals surface area contributed by atoms with E-state index in [1.54, 1.807) is 4.68 Å². The second-order valence-electron chi connectivity index (χ2n) is 10.9. The predicted molar refractivity (Wildman–Crippen MR) is 144 cm³/mol. The Balaban J connectivity index is 1.62. The SMILES string of the molecule is Cc1ccc(CC(=O)c2cc(CN(C)C)cc(C(C)(C)C)c2)cc1-n1cc(-c2cnn(C)c2C)nn1. The van der Waals surface area contributed by atoms with Crippen LogP contribution in [-0.4, -0.2) is 49.6 Å². The van der Waals surface area contributed by atoms with Crippen molar-refractivity contribution in [3.63, 3.8) is 0 Å². The van der Waals surface area contributed by atoms with E-state index in [9.17, 15) is 4.79 Å². The molecule has 188 valence electrons. The highest BCUT2D eigenvalue weighted by molar-refractivity contribution is 5.98. The lowest BCUT2D eigenvalue weighted by molar-refractivity contribution is 0.0992. The highest BCUT2D eigenvalue weighted by atomic mass is 16.1. The maximum atomic E-state index is 13.4. The predicted octanol–water partition coefficient (Wildman–Crippen LogP) is 5.07. The molecule has 0 aliphatic heterocycles. The van der Waals surface area contributed by atoms with Crippen LogP contribution in [0.1, 0.15) is 59.1 Å². The van der Waals surface area contributed by atoms with Crippen LogP contribution < -0.4 is 0 Å². The summed E-state index contributed by atoms with van der Waals surface area (Å²) in [4.78, 5) is 15.6. The van der Waals surface area contributed by atoms with E-state index in [1.807, 2.05) is 76.3 Å². The molecule has 4 aromatic rings. The normalized spacial score (nSPS) is 11.9. The molecule has 0 bridgehead atoms. The summed E-state index contributed by atoms with van der Waals surface area (Å²) in [6.07, 6.45) is 4.05. The number of benzene rings is 2. The van der Waals surface area contributed by atoms with Gasteiger partial charge in [0.05, 0.1) is 18.1 Å². The van der Waals surface area contributed by atoms with Gasteiger partial charge in [0.25, 0.3) is 0 Å². The monoisotopic (exact) mass is 484 g/mol. The number of carbonyl (C=O) groups is 1. The van der Waals surface area contributed by atoms with Gasteiger partial charge in [0.15, 0.2) is 5.78 Å². The van der Waals surface area contributed by atoms with Gasteiger partial charge in [0.2, 0.25) is 0 Å². The molecule has 0 fully saturated rings. The molecule has 0 spiro atoms. The van der Waals surface area contributed by atoms with Gasteiger partial charge in [-0.1, -0.05) is 44.2 Å². The van der Waals surface area contributed by atoms with Gasteiger partial charge >= 0.3 is 0 Å². The summed E-state index contributed by atoms with van der Waals surface area (Å²) in [7, 11) is 6.00. The highest BCUT2D eigenvalue weighted by Gasteiger charge is 2.19. The summed E-state index contributed by atoms with van der Waals surface area (Å²) in [6.45, 7) is 11.4. The van der Waals surface area contributed by atoms with E-state index in [0.29, 0.717) is 6.42 Å². The van der Waals surface area contributed by atoms with Crippen LogP contribution in [0, 0.1) is 13.8 Å². The van der Waals surface area contributed by atoms with E-state index >= 15 is 0 Å². The Labute approximate surface area is 213 Å². The summed E-state index contributed by atoms with van der Waals surface area (Å²) >= 11 is 0. The van der Waals surface area contributed by atoms with Gasteiger partial charge < -0.3 is 4.90 Å². The smallest absolute Gasteiger partial charge is 0.167 e. The van der Waals surface area contributed by atoms with Crippen LogP contribution in [0.25, 0.3) is 16.9 Å². The number of ketones is 1. The fourth-order valence-corrected chi connectivity index (χ4v) is 4.30.